The molecule has 0 aliphatic heterocycles. The summed E-state index contributed by atoms with van der Waals surface area (Å²) in [5.41, 5.74) is 3.11. The van der Waals surface area contributed by atoms with Crippen LogP contribution in [0.5, 0.6) is 11.5 Å². The second-order valence-corrected chi connectivity index (χ2v) is 8.87. The van der Waals surface area contributed by atoms with Gasteiger partial charge in [0.2, 0.25) is 15.9 Å². The molecule has 2 rings (SSSR count). The van der Waals surface area contributed by atoms with Crippen LogP contribution in [0.3, 0.4) is 0 Å². The summed E-state index contributed by atoms with van der Waals surface area (Å²) in [7, 11) is -0.541. The van der Waals surface area contributed by atoms with Crippen molar-refractivity contribution in [1.29, 1.82) is 0 Å². The molecule has 1 N–H and O–H groups in total. The van der Waals surface area contributed by atoms with Crippen molar-refractivity contribution in [3.8, 4) is 11.5 Å². The molecular formula is C21H28N2O5S. The minimum absolute atomic E-state index is 0.305. The molecule has 0 aromatic heterocycles. The molecule has 0 fully saturated rings. The lowest BCUT2D eigenvalue weighted by atomic mass is 10.1. The molecule has 29 heavy (non-hydrogen) atoms. The number of anilines is 1. The summed E-state index contributed by atoms with van der Waals surface area (Å²) in [5, 5.41) is 2.85. The zero-order chi connectivity index (χ0) is 21.8. The van der Waals surface area contributed by atoms with E-state index < -0.39 is 15.9 Å². The van der Waals surface area contributed by atoms with Crippen LogP contribution in [-0.4, -0.2) is 41.3 Å². The van der Waals surface area contributed by atoms with E-state index in [9.17, 15) is 13.2 Å². The van der Waals surface area contributed by atoms with Gasteiger partial charge in [-0.05, 0) is 50.1 Å². The Bertz CT molecular complexity index is 989. The smallest absolute Gasteiger partial charge is 0.241 e. The van der Waals surface area contributed by atoms with Crippen molar-refractivity contribution in [2.45, 2.75) is 26.8 Å². The summed E-state index contributed by atoms with van der Waals surface area (Å²) in [6.45, 7) is 5.27. The first-order valence-electron chi connectivity index (χ1n) is 9.13. The van der Waals surface area contributed by atoms with E-state index in [1.807, 2.05) is 39.0 Å². The molecule has 0 heterocycles. The minimum Gasteiger partial charge on any atom is -0.493 e. The van der Waals surface area contributed by atoms with Crippen molar-refractivity contribution < 1.29 is 22.7 Å². The van der Waals surface area contributed by atoms with E-state index in [1.165, 1.54) is 0 Å². The number of hydrogen-bond acceptors (Lipinski definition) is 5. The predicted octanol–water partition coefficient (Wildman–Crippen LogP) is 2.96. The first-order valence-corrected chi connectivity index (χ1v) is 11.0. The Kier molecular flexibility index (Phi) is 7.13. The largest absolute Gasteiger partial charge is 0.493 e. The number of ether oxygens (including phenoxy) is 2. The van der Waals surface area contributed by atoms with Crippen LogP contribution in [0.1, 0.15) is 29.7 Å². The Labute approximate surface area is 172 Å². The highest BCUT2D eigenvalue weighted by Gasteiger charge is 2.23. The van der Waals surface area contributed by atoms with Gasteiger partial charge in [0.1, 0.15) is 6.54 Å². The van der Waals surface area contributed by atoms with Crippen LogP contribution in [-0.2, 0) is 14.8 Å². The number of carbonyl (C=O) groups is 1. The Morgan fingerprint density at radius 3 is 2.28 bits per heavy atom. The number of nitrogens with one attached hydrogen (secondary N) is 1. The van der Waals surface area contributed by atoms with Crippen molar-refractivity contribution in [3.05, 3.63) is 53.1 Å². The fourth-order valence-corrected chi connectivity index (χ4v) is 4.00. The molecule has 7 nitrogen and oxygen atoms in total. The Morgan fingerprint density at radius 1 is 1.07 bits per heavy atom. The maximum absolute atomic E-state index is 12.6. The normalized spacial score (nSPS) is 12.2. The SMILES string of the molecule is COc1ccc([C@@H](C)NC(=O)CN(c2ccc(C)cc2C)S(C)(=O)=O)cc1OC. The van der Waals surface area contributed by atoms with Crippen LogP contribution >= 0.6 is 0 Å². The lowest BCUT2D eigenvalue weighted by molar-refractivity contribution is -0.120. The van der Waals surface area contributed by atoms with Crippen LogP contribution in [0.25, 0.3) is 0 Å². The summed E-state index contributed by atoms with van der Waals surface area (Å²) in [6, 6.07) is 10.4. The fraction of sp³-hybridized carbons (Fsp3) is 0.381. The van der Waals surface area contributed by atoms with E-state index in [1.54, 1.807) is 32.4 Å². The highest BCUT2D eigenvalue weighted by Crippen LogP contribution is 2.30. The number of methoxy groups -OCH3 is 2. The molecule has 2 aromatic carbocycles. The number of nitrogens with zero attached hydrogens (tertiary/aromatic N) is 1. The zero-order valence-electron chi connectivity index (χ0n) is 17.6. The van der Waals surface area contributed by atoms with Crippen molar-refractivity contribution in [1.82, 2.24) is 5.32 Å². The number of rotatable bonds is 8. The van der Waals surface area contributed by atoms with Gasteiger partial charge in [-0.2, -0.15) is 0 Å². The highest BCUT2D eigenvalue weighted by atomic mass is 32.2. The fourth-order valence-electron chi connectivity index (χ4n) is 3.09. The van der Waals surface area contributed by atoms with Gasteiger partial charge in [0.15, 0.2) is 11.5 Å². The van der Waals surface area contributed by atoms with Crippen molar-refractivity contribution in [2.75, 3.05) is 31.3 Å². The molecule has 0 bridgehead atoms. The van der Waals surface area contributed by atoms with Crippen molar-refractivity contribution in [2.24, 2.45) is 0 Å². The van der Waals surface area contributed by atoms with Gasteiger partial charge in [-0.1, -0.05) is 23.8 Å². The van der Waals surface area contributed by atoms with Crippen molar-refractivity contribution in [3.63, 3.8) is 0 Å². The van der Waals surface area contributed by atoms with Gasteiger partial charge in [0.25, 0.3) is 0 Å². The summed E-state index contributed by atoms with van der Waals surface area (Å²) in [4.78, 5) is 12.6. The first kappa shape index (κ1) is 22.5. The molecule has 158 valence electrons. The predicted molar refractivity (Wildman–Crippen MR) is 114 cm³/mol. The van der Waals surface area contributed by atoms with E-state index in [0.717, 1.165) is 27.3 Å². The monoisotopic (exact) mass is 420 g/mol. The lowest BCUT2D eigenvalue weighted by Gasteiger charge is -2.25. The topological polar surface area (TPSA) is 84.9 Å². The molecule has 0 aliphatic rings. The summed E-state index contributed by atoms with van der Waals surface area (Å²) < 4.78 is 36.3. The molecular weight excluding hydrogens is 392 g/mol. The van der Waals surface area contributed by atoms with Gasteiger partial charge in [-0.15, -0.1) is 0 Å². The zero-order valence-corrected chi connectivity index (χ0v) is 18.5. The first-order chi connectivity index (χ1) is 13.6. The average Bonchev–Trinajstić information content (AvgIpc) is 2.65. The second-order valence-electron chi connectivity index (χ2n) is 6.96. The van der Waals surface area contributed by atoms with Gasteiger partial charge in [0.05, 0.1) is 32.2 Å². The molecule has 1 amide bonds. The molecule has 0 radical (unpaired) electrons. The Hall–Kier alpha value is -2.74. The number of amides is 1. The van der Waals surface area contributed by atoms with Gasteiger partial charge < -0.3 is 14.8 Å². The Morgan fingerprint density at radius 2 is 1.72 bits per heavy atom. The molecule has 2 aromatic rings. The van der Waals surface area contributed by atoms with Crippen LogP contribution in [0.15, 0.2) is 36.4 Å². The third-order valence-corrected chi connectivity index (χ3v) is 5.72. The van der Waals surface area contributed by atoms with Crippen LogP contribution in [0, 0.1) is 13.8 Å². The average molecular weight is 421 g/mol. The minimum atomic E-state index is -3.63. The third kappa shape index (κ3) is 5.63. The molecule has 0 saturated heterocycles. The molecule has 1 atom stereocenters. The third-order valence-electron chi connectivity index (χ3n) is 4.59. The molecule has 0 spiro atoms. The van der Waals surface area contributed by atoms with Crippen molar-refractivity contribution >= 4 is 21.6 Å². The van der Waals surface area contributed by atoms with E-state index >= 15 is 0 Å². The maximum Gasteiger partial charge on any atom is 0.241 e. The van der Waals surface area contributed by atoms with E-state index in [0.29, 0.717) is 17.2 Å². The summed E-state index contributed by atoms with van der Waals surface area (Å²) in [6.07, 6.45) is 1.09. The van der Waals surface area contributed by atoms with Gasteiger partial charge in [-0.3, -0.25) is 9.10 Å². The van der Waals surface area contributed by atoms with E-state index in [4.69, 9.17) is 9.47 Å². The summed E-state index contributed by atoms with van der Waals surface area (Å²) >= 11 is 0. The standard InChI is InChI=1S/C21H28N2O5S/c1-14-7-9-18(15(2)11-14)23(29(6,25)26)13-21(24)22-16(3)17-8-10-19(27-4)20(12-17)28-5/h7-12,16H,13H2,1-6H3,(H,22,24)/t16-/m1/s1. The van der Waals surface area contributed by atoms with Crippen LogP contribution in [0.4, 0.5) is 5.69 Å². The highest BCUT2D eigenvalue weighted by molar-refractivity contribution is 7.92. The van der Waals surface area contributed by atoms with Crippen LogP contribution < -0.4 is 19.1 Å². The quantitative estimate of drug-likeness (QED) is 0.710. The van der Waals surface area contributed by atoms with Crippen LogP contribution in [0.2, 0.25) is 0 Å². The van der Waals surface area contributed by atoms with Gasteiger partial charge >= 0.3 is 0 Å². The number of benzene rings is 2. The Balaban J connectivity index is 2.20. The number of aryl methyl sites for hydroxylation is 2. The number of sulfonamides is 1. The number of carbonyl (C=O) groups excluding carboxylic acids is 1. The molecule has 8 heteroatoms. The summed E-state index contributed by atoms with van der Waals surface area (Å²) in [5.74, 6) is 0.740. The maximum atomic E-state index is 12.6. The molecule has 0 aliphatic carbocycles. The van der Waals surface area contributed by atoms with Gasteiger partial charge in [-0.25, -0.2) is 8.42 Å². The lowest BCUT2D eigenvalue weighted by Crippen LogP contribution is -2.41. The molecule has 0 unspecified atom stereocenters. The number of hydrogen-bond donors (Lipinski definition) is 1. The molecule has 0 saturated carbocycles. The van der Waals surface area contributed by atoms with E-state index in [-0.39, 0.29) is 12.6 Å². The van der Waals surface area contributed by atoms with Gasteiger partial charge in [0, 0.05) is 0 Å². The second kappa shape index (κ2) is 9.17. The van der Waals surface area contributed by atoms with E-state index in [2.05, 4.69) is 5.32 Å².